The van der Waals surface area contributed by atoms with E-state index in [1.54, 1.807) is 12.3 Å². The van der Waals surface area contributed by atoms with Crippen molar-refractivity contribution in [3.63, 3.8) is 0 Å². The SMILES string of the molecule is CC(OC(=O)Cc1cccc2cccnc12)C(=O)Nc1ccc(F)cc1. The molecule has 3 aromatic rings. The van der Waals surface area contributed by atoms with Crippen LogP contribution in [0.2, 0.25) is 0 Å². The predicted octanol–water partition coefficient (Wildman–Crippen LogP) is 3.49. The Bertz CT molecular complexity index is 936. The summed E-state index contributed by atoms with van der Waals surface area (Å²) in [7, 11) is 0. The molecule has 132 valence electrons. The Morgan fingerprint density at radius 1 is 1.12 bits per heavy atom. The molecule has 1 aromatic heterocycles. The first-order chi connectivity index (χ1) is 12.5. The minimum Gasteiger partial charge on any atom is -0.452 e. The smallest absolute Gasteiger partial charge is 0.311 e. The van der Waals surface area contributed by atoms with E-state index in [4.69, 9.17) is 4.74 Å². The number of para-hydroxylation sites is 1. The largest absolute Gasteiger partial charge is 0.452 e. The van der Waals surface area contributed by atoms with Crippen molar-refractivity contribution < 1.29 is 18.7 Å². The van der Waals surface area contributed by atoms with Crippen LogP contribution < -0.4 is 5.32 Å². The normalized spacial score (nSPS) is 11.8. The van der Waals surface area contributed by atoms with Gasteiger partial charge >= 0.3 is 5.97 Å². The lowest BCUT2D eigenvalue weighted by Crippen LogP contribution is -2.30. The average Bonchev–Trinajstić information content (AvgIpc) is 2.64. The van der Waals surface area contributed by atoms with Crippen molar-refractivity contribution in [2.45, 2.75) is 19.4 Å². The Kier molecular flexibility index (Phi) is 5.22. The number of ether oxygens (including phenoxy) is 1. The first-order valence-corrected chi connectivity index (χ1v) is 8.11. The molecule has 0 aliphatic carbocycles. The summed E-state index contributed by atoms with van der Waals surface area (Å²) in [5.41, 5.74) is 1.90. The first kappa shape index (κ1) is 17.5. The molecule has 26 heavy (non-hydrogen) atoms. The molecule has 5 nitrogen and oxygen atoms in total. The predicted molar refractivity (Wildman–Crippen MR) is 96.0 cm³/mol. The molecule has 0 aliphatic heterocycles. The monoisotopic (exact) mass is 352 g/mol. The molecule has 0 saturated carbocycles. The molecule has 0 fully saturated rings. The fraction of sp³-hybridized carbons (Fsp3) is 0.150. The van der Waals surface area contributed by atoms with Crippen molar-refractivity contribution in [2.75, 3.05) is 5.32 Å². The summed E-state index contributed by atoms with van der Waals surface area (Å²) in [5, 5.41) is 3.50. The molecule has 0 aliphatic rings. The molecule has 0 bridgehead atoms. The van der Waals surface area contributed by atoms with Gasteiger partial charge in [-0.1, -0.05) is 24.3 Å². The summed E-state index contributed by atoms with van der Waals surface area (Å²) >= 11 is 0. The number of hydrogen-bond acceptors (Lipinski definition) is 4. The van der Waals surface area contributed by atoms with E-state index in [9.17, 15) is 14.0 Å². The lowest BCUT2D eigenvalue weighted by atomic mass is 10.1. The lowest BCUT2D eigenvalue weighted by molar-refractivity contribution is -0.152. The van der Waals surface area contributed by atoms with Gasteiger partial charge < -0.3 is 10.1 Å². The van der Waals surface area contributed by atoms with Gasteiger partial charge in [0.05, 0.1) is 11.9 Å². The van der Waals surface area contributed by atoms with E-state index in [0.29, 0.717) is 5.69 Å². The number of fused-ring (bicyclic) bond motifs is 1. The second kappa shape index (κ2) is 7.74. The van der Waals surface area contributed by atoms with E-state index in [1.807, 2.05) is 24.3 Å². The number of hydrogen-bond donors (Lipinski definition) is 1. The molecular formula is C20H17FN2O3. The van der Waals surface area contributed by atoms with Gasteiger partial charge in [0, 0.05) is 17.3 Å². The topological polar surface area (TPSA) is 68.3 Å². The van der Waals surface area contributed by atoms with E-state index in [1.165, 1.54) is 31.2 Å². The van der Waals surface area contributed by atoms with Crippen molar-refractivity contribution in [1.82, 2.24) is 4.98 Å². The minimum absolute atomic E-state index is 0.0164. The Morgan fingerprint density at radius 3 is 2.62 bits per heavy atom. The van der Waals surface area contributed by atoms with E-state index >= 15 is 0 Å². The summed E-state index contributed by atoms with van der Waals surface area (Å²) in [6.45, 7) is 1.48. The highest BCUT2D eigenvalue weighted by molar-refractivity contribution is 5.95. The molecule has 1 N–H and O–H groups in total. The number of nitrogens with zero attached hydrogens (tertiary/aromatic N) is 1. The zero-order chi connectivity index (χ0) is 18.5. The lowest BCUT2D eigenvalue weighted by Gasteiger charge is -2.14. The summed E-state index contributed by atoms with van der Waals surface area (Å²) in [5.74, 6) is -1.41. The second-order valence-corrected chi connectivity index (χ2v) is 5.80. The third-order valence-electron chi connectivity index (χ3n) is 3.84. The number of rotatable bonds is 5. The summed E-state index contributed by atoms with van der Waals surface area (Å²) in [6, 6.07) is 14.6. The van der Waals surface area contributed by atoms with Crippen molar-refractivity contribution in [2.24, 2.45) is 0 Å². The molecule has 1 unspecified atom stereocenters. The quantitative estimate of drug-likeness (QED) is 0.714. The van der Waals surface area contributed by atoms with Crippen molar-refractivity contribution in [3.8, 4) is 0 Å². The number of halogens is 1. The van der Waals surface area contributed by atoms with Crippen LogP contribution in [0, 0.1) is 5.82 Å². The number of anilines is 1. The number of nitrogens with one attached hydrogen (secondary N) is 1. The Hall–Kier alpha value is -3.28. The molecule has 1 atom stereocenters. The van der Waals surface area contributed by atoms with E-state index in [2.05, 4.69) is 10.3 Å². The van der Waals surface area contributed by atoms with Gasteiger partial charge in [-0.25, -0.2) is 4.39 Å². The summed E-state index contributed by atoms with van der Waals surface area (Å²) in [4.78, 5) is 28.6. The maximum absolute atomic E-state index is 12.9. The molecule has 6 heteroatoms. The van der Waals surface area contributed by atoms with Crippen LogP contribution in [-0.4, -0.2) is 23.0 Å². The third kappa shape index (κ3) is 4.22. The Morgan fingerprint density at radius 2 is 1.85 bits per heavy atom. The Labute approximate surface area is 149 Å². The van der Waals surface area contributed by atoms with Crippen LogP contribution in [0.5, 0.6) is 0 Å². The van der Waals surface area contributed by atoms with Crippen molar-refractivity contribution in [1.29, 1.82) is 0 Å². The highest BCUT2D eigenvalue weighted by Gasteiger charge is 2.19. The zero-order valence-corrected chi connectivity index (χ0v) is 14.1. The number of esters is 1. The minimum atomic E-state index is -0.976. The number of aromatic nitrogens is 1. The number of amides is 1. The Balaban J connectivity index is 1.61. The summed E-state index contributed by atoms with van der Waals surface area (Å²) in [6.07, 6.45) is 0.703. The van der Waals surface area contributed by atoms with Gasteiger partial charge in [-0.3, -0.25) is 14.6 Å². The molecule has 0 saturated heterocycles. The van der Waals surface area contributed by atoms with Gasteiger partial charge in [-0.15, -0.1) is 0 Å². The van der Waals surface area contributed by atoms with Crippen molar-refractivity contribution in [3.05, 3.63) is 72.2 Å². The fourth-order valence-corrected chi connectivity index (χ4v) is 2.54. The first-order valence-electron chi connectivity index (χ1n) is 8.11. The van der Waals surface area contributed by atoms with Gasteiger partial charge in [0.2, 0.25) is 0 Å². The third-order valence-corrected chi connectivity index (χ3v) is 3.84. The fourth-order valence-electron chi connectivity index (χ4n) is 2.54. The number of carbonyl (C=O) groups is 2. The van der Waals surface area contributed by atoms with Crippen LogP contribution in [0.1, 0.15) is 12.5 Å². The molecule has 0 radical (unpaired) electrons. The number of benzene rings is 2. The van der Waals surface area contributed by atoms with Crippen LogP contribution in [0.3, 0.4) is 0 Å². The van der Waals surface area contributed by atoms with Gasteiger partial charge in [-0.2, -0.15) is 0 Å². The summed E-state index contributed by atoms with van der Waals surface area (Å²) < 4.78 is 18.1. The number of carbonyl (C=O) groups excluding carboxylic acids is 2. The standard InChI is InChI=1S/C20H17FN2O3/c1-13(20(25)23-17-9-7-16(21)8-10-17)26-18(24)12-15-5-2-4-14-6-3-11-22-19(14)15/h2-11,13H,12H2,1H3,(H,23,25). The van der Waals surface area contributed by atoms with Gasteiger partial charge in [0.25, 0.3) is 5.91 Å². The zero-order valence-electron chi connectivity index (χ0n) is 14.1. The van der Waals surface area contributed by atoms with Gasteiger partial charge in [-0.05, 0) is 42.8 Å². The van der Waals surface area contributed by atoms with Crippen molar-refractivity contribution >= 4 is 28.5 Å². The van der Waals surface area contributed by atoms with Gasteiger partial charge in [0.1, 0.15) is 5.82 Å². The van der Waals surface area contributed by atoms with E-state index in [0.717, 1.165) is 16.5 Å². The van der Waals surface area contributed by atoms with Crippen LogP contribution in [0.25, 0.3) is 10.9 Å². The highest BCUT2D eigenvalue weighted by Crippen LogP contribution is 2.17. The maximum Gasteiger partial charge on any atom is 0.311 e. The van der Waals surface area contributed by atoms with Crippen LogP contribution in [-0.2, 0) is 20.7 Å². The highest BCUT2D eigenvalue weighted by atomic mass is 19.1. The van der Waals surface area contributed by atoms with E-state index < -0.39 is 23.8 Å². The van der Waals surface area contributed by atoms with Crippen LogP contribution in [0.15, 0.2) is 60.8 Å². The molecule has 3 rings (SSSR count). The van der Waals surface area contributed by atoms with Crippen LogP contribution >= 0.6 is 0 Å². The number of pyridine rings is 1. The van der Waals surface area contributed by atoms with Crippen LogP contribution in [0.4, 0.5) is 10.1 Å². The van der Waals surface area contributed by atoms with Gasteiger partial charge in [0.15, 0.2) is 6.10 Å². The second-order valence-electron chi connectivity index (χ2n) is 5.80. The molecule has 1 amide bonds. The molecule has 1 heterocycles. The molecule has 0 spiro atoms. The average molecular weight is 352 g/mol. The van der Waals surface area contributed by atoms with E-state index in [-0.39, 0.29) is 6.42 Å². The molecule has 2 aromatic carbocycles. The molecular weight excluding hydrogens is 335 g/mol. The maximum atomic E-state index is 12.9.